The Morgan fingerprint density at radius 1 is 1.56 bits per heavy atom. The van der Waals surface area contributed by atoms with E-state index in [4.69, 9.17) is 4.74 Å². The largest absolute Gasteiger partial charge is 0.494 e. The summed E-state index contributed by atoms with van der Waals surface area (Å²) >= 11 is 3.39. The maximum absolute atomic E-state index is 11.7. The number of carbonyl (C=O) groups is 1. The molecule has 1 amide bonds. The molecule has 0 spiro atoms. The first-order chi connectivity index (χ1) is 7.74. The molecule has 1 aromatic heterocycles. The number of halogens is 1. The highest BCUT2D eigenvalue weighted by molar-refractivity contribution is 9.09. The van der Waals surface area contributed by atoms with Crippen LogP contribution in [0.15, 0.2) is 12.4 Å². The lowest BCUT2D eigenvalue weighted by molar-refractivity contribution is -0.117. The van der Waals surface area contributed by atoms with Crippen molar-refractivity contribution in [3.8, 4) is 5.75 Å². The first kappa shape index (κ1) is 11.3. The van der Waals surface area contributed by atoms with E-state index in [1.54, 1.807) is 24.4 Å². The molecule has 0 aliphatic carbocycles. The van der Waals surface area contributed by atoms with Crippen LogP contribution in [-0.4, -0.2) is 34.9 Å². The van der Waals surface area contributed by atoms with Gasteiger partial charge in [-0.3, -0.25) is 9.69 Å². The van der Waals surface area contributed by atoms with E-state index in [9.17, 15) is 4.79 Å². The highest BCUT2D eigenvalue weighted by Crippen LogP contribution is 2.23. The molecule has 1 aliphatic heterocycles. The van der Waals surface area contributed by atoms with E-state index in [1.807, 2.05) is 0 Å². The van der Waals surface area contributed by atoms with Gasteiger partial charge in [-0.2, -0.15) is 0 Å². The van der Waals surface area contributed by atoms with Crippen molar-refractivity contribution in [3.05, 3.63) is 12.4 Å². The number of rotatable bonds is 3. The van der Waals surface area contributed by atoms with Crippen molar-refractivity contribution in [1.82, 2.24) is 9.97 Å². The normalized spacial score (nSPS) is 20.2. The Bertz CT molecular complexity index is 382. The van der Waals surface area contributed by atoms with E-state index >= 15 is 0 Å². The summed E-state index contributed by atoms with van der Waals surface area (Å²) in [5.74, 6) is 1.47. The minimum atomic E-state index is 0.0783. The molecule has 2 rings (SSSR count). The Labute approximate surface area is 102 Å². The predicted molar refractivity (Wildman–Crippen MR) is 62.8 cm³/mol. The second-order valence-electron chi connectivity index (χ2n) is 3.65. The van der Waals surface area contributed by atoms with E-state index in [0.717, 1.165) is 5.33 Å². The molecule has 1 saturated heterocycles. The molecule has 0 N–H and O–H groups in total. The number of methoxy groups -OCH3 is 1. The number of nitrogens with zero attached hydrogens (tertiary/aromatic N) is 3. The molecule has 16 heavy (non-hydrogen) atoms. The smallest absolute Gasteiger partial charge is 0.232 e. The minimum absolute atomic E-state index is 0.0783. The number of aromatic nitrogens is 2. The number of ether oxygens (including phenoxy) is 1. The summed E-state index contributed by atoms with van der Waals surface area (Å²) in [6.45, 7) is 0.677. The zero-order valence-electron chi connectivity index (χ0n) is 8.89. The van der Waals surface area contributed by atoms with Gasteiger partial charge in [0, 0.05) is 18.3 Å². The molecule has 1 unspecified atom stereocenters. The van der Waals surface area contributed by atoms with E-state index in [0.29, 0.717) is 30.6 Å². The van der Waals surface area contributed by atoms with Gasteiger partial charge in [-0.15, -0.1) is 0 Å². The first-order valence-electron chi connectivity index (χ1n) is 4.97. The monoisotopic (exact) mass is 285 g/mol. The predicted octanol–water partition coefficient (Wildman–Crippen LogP) is 1.23. The third kappa shape index (κ3) is 2.16. The van der Waals surface area contributed by atoms with Gasteiger partial charge in [-0.05, 0) is 5.92 Å². The van der Waals surface area contributed by atoms with E-state index in [2.05, 4.69) is 25.9 Å². The average molecular weight is 286 g/mol. The summed E-state index contributed by atoms with van der Waals surface area (Å²) in [6.07, 6.45) is 3.69. The van der Waals surface area contributed by atoms with Crippen molar-refractivity contribution in [1.29, 1.82) is 0 Å². The van der Waals surface area contributed by atoms with Crippen LogP contribution in [-0.2, 0) is 4.79 Å². The lowest BCUT2D eigenvalue weighted by atomic mass is 10.2. The lowest BCUT2D eigenvalue weighted by Crippen LogP contribution is -2.26. The Morgan fingerprint density at radius 2 is 2.25 bits per heavy atom. The average Bonchev–Trinajstić information content (AvgIpc) is 2.71. The van der Waals surface area contributed by atoms with Gasteiger partial charge in [0.15, 0.2) is 5.75 Å². The van der Waals surface area contributed by atoms with Crippen LogP contribution in [0.5, 0.6) is 5.75 Å². The molecular weight excluding hydrogens is 274 g/mol. The number of carbonyl (C=O) groups excluding carboxylic acids is 1. The van der Waals surface area contributed by atoms with Gasteiger partial charge < -0.3 is 4.74 Å². The fraction of sp³-hybridized carbons (Fsp3) is 0.500. The molecule has 1 aliphatic rings. The molecule has 86 valence electrons. The number of anilines is 1. The van der Waals surface area contributed by atoms with Crippen LogP contribution in [0, 0.1) is 5.92 Å². The summed E-state index contributed by atoms with van der Waals surface area (Å²) in [4.78, 5) is 21.5. The Morgan fingerprint density at radius 3 is 2.75 bits per heavy atom. The molecule has 6 heteroatoms. The van der Waals surface area contributed by atoms with Gasteiger partial charge in [0.2, 0.25) is 11.9 Å². The van der Waals surface area contributed by atoms with Gasteiger partial charge in [0.05, 0.1) is 19.5 Å². The standard InChI is InChI=1S/C10H12BrN3O2/c1-16-8-4-12-10(13-5-8)14-6-7(3-11)2-9(14)15/h4-5,7H,2-3,6H2,1H3. The molecule has 0 radical (unpaired) electrons. The Hall–Kier alpha value is -1.17. The summed E-state index contributed by atoms with van der Waals surface area (Å²) in [5.41, 5.74) is 0. The van der Waals surface area contributed by atoms with E-state index in [1.165, 1.54) is 0 Å². The zero-order chi connectivity index (χ0) is 11.5. The zero-order valence-corrected chi connectivity index (χ0v) is 10.5. The highest BCUT2D eigenvalue weighted by atomic mass is 79.9. The highest BCUT2D eigenvalue weighted by Gasteiger charge is 2.31. The van der Waals surface area contributed by atoms with Crippen molar-refractivity contribution in [2.24, 2.45) is 5.92 Å². The van der Waals surface area contributed by atoms with Crippen molar-refractivity contribution >= 4 is 27.8 Å². The summed E-state index contributed by atoms with van der Waals surface area (Å²) < 4.78 is 4.97. The summed E-state index contributed by atoms with van der Waals surface area (Å²) in [5, 5.41) is 0.825. The Kier molecular flexibility index (Phi) is 3.38. The van der Waals surface area contributed by atoms with Crippen LogP contribution in [0.4, 0.5) is 5.95 Å². The maximum atomic E-state index is 11.7. The molecule has 2 heterocycles. The number of amides is 1. The van der Waals surface area contributed by atoms with Crippen LogP contribution >= 0.6 is 15.9 Å². The quantitative estimate of drug-likeness (QED) is 0.784. The summed E-state index contributed by atoms with van der Waals surface area (Å²) in [6, 6.07) is 0. The van der Waals surface area contributed by atoms with Crippen LogP contribution in [0.1, 0.15) is 6.42 Å². The van der Waals surface area contributed by atoms with Crippen molar-refractivity contribution in [3.63, 3.8) is 0 Å². The molecule has 1 fully saturated rings. The van der Waals surface area contributed by atoms with Crippen LogP contribution < -0.4 is 9.64 Å². The van der Waals surface area contributed by atoms with Gasteiger partial charge in [-0.1, -0.05) is 15.9 Å². The molecule has 5 nitrogen and oxygen atoms in total. The van der Waals surface area contributed by atoms with E-state index < -0.39 is 0 Å². The Balaban J connectivity index is 2.15. The minimum Gasteiger partial charge on any atom is -0.494 e. The van der Waals surface area contributed by atoms with E-state index in [-0.39, 0.29) is 5.91 Å². The number of alkyl halides is 1. The summed E-state index contributed by atoms with van der Waals surface area (Å²) in [7, 11) is 1.56. The fourth-order valence-corrected chi connectivity index (χ4v) is 2.07. The molecule has 0 saturated carbocycles. The van der Waals surface area contributed by atoms with Crippen molar-refractivity contribution in [2.45, 2.75) is 6.42 Å². The van der Waals surface area contributed by atoms with Crippen LogP contribution in [0.2, 0.25) is 0 Å². The van der Waals surface area contributed by atoms with Crippen molar-refractivity contribution in [2.75, 3.05) is 23.9 Å². The number of hydrogen-bond donors (Lipinski definition) is 0. The molecule has 1 atom stereocenters. The van der Waals surface area contributed by atoms with Gasteiger partial charge >= 0.3 is 0 Å². The van der Waals surface area contributed by atoms with Crippen LogP contribution in [0.3, 0.4) is 0 Å². The third-order valence-electron chi connectivity index (χ3n) is 2.51. The number of hydrogen-bond acceptors (Lipinski definition) is 4. The topological polar surface area (TPSA) is 55.3 Å². The van der Waals surface area contributed by atoms with Crippen LogP contribution in [0.25, 0.3) is 0 Å². The van der Waals surface area contributed by atoms with Gasteiger partial charge in [0.25, 0.3) is 0 Å². The van der Waals surface area contributed by atoms with Crippen molar-refractivity contribution < 1.29 is 9.53 Å². The second kappa shape index (κ2) is 4.78. The molecule has 0 bridgehead atoms. The molecule has 0 aromatic carbocycles. The lowest BCUT2D eigenvalue weighted by Gasteiger charge is -2.13. The molecular formula is C10H12BrN3O2. The maximum Gasteiger partial charge on any atom is 0.232 e. The SMILES string of the molecule is COc1cnc(N2CC(CBr)CC2=O)nc1. The fourth-order valence-electron chi connectivity index (χ4n) is 1.63. The molecule has 1 aromatic rings. The van der Waals surface area contributed by atoms with Gasteiger partial charge in [-0.25, -0.2) is 9.97 Å². The van der Waals surface area contributed by atoms with Gasteiger partial charge in [0.1, 0.15) is 0 Å². The second-order valence-corrected chi connectivity index (χ2v) is 4.30. The first-order valence-corrected chi connectivity index (χ1v) is 6.09. The third-order valence-corrected chi connectivity index (χ3v) is 3.43.